The first kappa shape index (κ1) is 23.2. The van der Waals surface area contributed by atoms with Gasteiger partial charge in [0.15, 0.2) is 0 Å². The smallest absolute Gasteiger partial charge is 0.255 e. The Balaban J connectivity index is 1.37. The lowest BCUT2D eigenvalue weighted by molar-refractivity contribution is -0.0494. The fraction of sp³-hybridized carbons (Fsp3) is 0.207. The maximum atomic E-state index is 13.5. The molecule has 2 N–H and O–H groups in total. The first-order valence-corrected chi connectivity index (χ1v) is 12.1. The number of alkyl halides is 2. The van der Waals surface area contributed by atoms with E-state index in [-0.39, 0.29) is 38.4 Å². The Morgan fingerprint density at radius 3 is 2.51 bits per heavy atom. The third-order valence-electron chi connectivity index (χ3n) is 6.91. The number of hydrogen-bond donors (Lipinski definition) is 1. The molecule has 0 unspecified atom stereocenters. The number of rotatable bonds is 4. The molecule has 3 aromatic heterocycles. The number of nitrogens with zero attached hydrogens (tertiary/aromatic N) is 3. The topological polar surface area (TPSA) is 85.3 Å². The molecule has 0 bridgehead atoms. The highest BCUT2D eigenvalue weighted by atomic mass is 19.3. The number of piperidine rings is 1. The number of amides is 1. The fourth-order valence-corrected chi connectivity index (χ4v) is 4.83. The molecule has 37 heavy (non-hydrogen) atoms. The van der Waals surface area contributed by atoms with Crippen LogP contribution in [-0.2, 0) is 6.54 Å². The van der Waals surface area contributed by atoms with Crippen LogP contribution < -0.4 is 5.73 Å². The number of carbonyl (C=O) groups is 1. The number of furan rings is 1. The van der Waals surface area contributed by atoms with E-state index in [1.807, 2.05) is 42.6 Å². The highest BCUT2D eigenvalue weighted by Gasteiger charge is 2.35. The zero-order chi connectivity index (χ0) is 25.6. The van der Waals surface area contributed by atoms with Crippen molar-refractivity contribution in [1.82, 2.24) is 14.9 Å². The van der Waals surface area contributed by atoms with Crippen molar-refractivity contribution in [2.75, 3.05) is 13.1 Å². The van der Waals surface area contributed by atoms with Gasteiger partial charge in [-0.1, -0.05) is 12.1 Å². The monoisotopic (exact) mass is 498 g/mol. The van der Waals surface area contributed by atoms with Gasteiger partial charge in [0.05, 0.1) is 17.8 Å². The van der Waals surface area contributed by atoms with Crippen LogP contribution in [0.5, 0.6) is 0 Å². The number of fused-ring (bicyclic) bond motifs is 2. The highest BCUT2D eigenvalue weighted by molar-refractivity contribution is 5.99. The van der Waals surface area contributed by atoms with Gasteiger partial charge in [0.2, 0.25) is 0 Å². The zero-order valence-corrected chi connectivity index (χ0v) is 20.0. The predicted octanol–water partition coefficient (Wildman–Crippen LogP) is 6.04. The summed E-state index contributed by atoms with van der Waals surface area (Å²) >= 11 is 0. The van der Waals surface area contributed by atoms with Crippen LogP contribution in [-0.4, -0.2) is 39.8 Å². The molecule has 186 valence electrons. The summed E-state index contributed by atoms with van der Waals surface area (Å²) < 4.78 is 33.0. The van der Waals surface area contributed by atoms with Crippen LogP contribution in [0, 0.1) is 0 Å². The number of halogens is 2. The molecule has 0 radical (unpaired) electrons. The van der Waals surface area contributed by atoms with Gasteiger partial charge < -0.3 is 15.1 Å². The maximum absolute atomic E-state index is 13.5. The van der Waals surface area contributed by atoms with Crippen LogP contribution >= 0.6 is 0 Å². The summed E-state index contributed by atoms with van der Waals surface area (Å²) in [6, 6.07) is 17.5. The summed E-state index contributed by atoms with van der Waals surface area (Å²) in [7, 11) is 0. The summed E-state index contributed by atoms with van der Waals surface area (Å²) in [5, 5.41) is 3.01. The molecule has 6 nitrogen and oxygen atoms in total. The molecule has 1 saturated heterocycles. The lowest BCUT2D eigenvalue weighted by Crippen LogP contribution is -2.42. The van der Waals surface area contributed by atoms with Crippen LogP contribution in [0.15, 0.2) is 77.6 Å². The van der Waals surface area contributed by atoms with Crippen LogP contribution in [0.3, 0.4) is 0 Å². The second-order valence-corrected chi connectivity index (χ2v) is 9.38. The normalized spacial score (nSPS) is 15.4. The largest absolute Gasteiger partial charge is 0.459 e. The summed E-state index contributed by atoms with van der Waals surface area (Å²) in [5.74, 6) is -2.30. The SMILES string of the molecule is NCc1cc2cc(-c3ccc(C(=O)N4CCC(F)(F)CC4)cn3)cc(-c3ccc4cnccc4c3)c2o1. The Labute approximate surface area is 211 Å². The van der Waals surface area contributed by atoms with Crippen molar-refractivity contribution in [2.45, 2.75) is 25.3 Å². The van der Waals surface area contributed by atoms with Crippen molar-refractivity contribution in [2.24, 2.45) is 5.73 Å². The van der Waals surface area contributed by atoms with E-state index < -0.39 is 5.92 Å². The molecule has 0 aliphatic carbocycles. The van der Waals surface area contributed by atoms with Gasteiger partial charge in [0.1, 0.15) is 11.3 Å². The second-order valence-electron chi connectivity index (χ2n) is 9.38. The minimum atomic E-state index is -2.70. The minimum absolute atomic E-state index is 0.0411. The average molecular weight is 499 g/mol. The van der Waals surface area contributed by atoms with E-state index in [1.54, 1.807) is 18.3 Å². The van der Waals surface area contributed by atoms with E-state index in [1.165, 1.54) is 11.1 Å². The number of benzene rings is 2. The van der Waals surface area contributed by atoms with E-state index in [9.17, 15) is 13.6 Å². The highest BCUT2D eigenvalue weighted by Crippen LogP contribution is 2.37. The van der Waals surface area contributed by atoms with Gasteiger partial charge in [-0.05, 0) is 53.4 Å². The van der Waals surface area contributed by atoms with Gasteiger partial charge in [-0.25, -0.2) is 8.78 Å². The molecule has 1 aliphatic heterocycles. The van der Waals surface area contributed by atoms with E-state index in [4.69, 9.17) is 10.2 Å². The Morgan fingerprint density at radius 1 is 0.946 bits per heavy atom. The second kappa shape index (κ2) is 9.05. The Kier molecular flexibility index (Phi) is 5.68. The van der Waals surface area contributed by atoms with E-state index in [0.717, 1.165) is 38.4 Å². The Bertz CT molecular complexity index is 1620. The number of hydrogen-bond acceptors (Lipinski definition) is 5. The van der Waals surface area contributed by atoms with E-state index in [2.05, 4.69) is 16.0 Å². The van der Waals surface area contributed by atoms with Crippen molar-refractivity contribution >= 4 is 27.6 Å². The van der Waals surface area contributed by atoms with E-state index >= 15 is 0 Å². The van der Waals surface area contributed by atoms with Gasteiger partial charge in [-0.15, -0.1) is 0 Å². The Morgan fingerprint density at radius 2 is 1.76 bits per heavy atom. The van der Waals surface area contributed by atoms with Gasteiger partial charge in [0.25, 0.3) is 11.8 Å². The molecule has 8 heteroatoms. The van der Waals surface area contributed by atoms with Crippen LogP contribution in [0.1, 0.15) is 29.0 Å². The summed E-state index contributed by atoms with van der Waals surface area (Å²) in [6.07, 6.45) is 4.48. The van der Waals surface area contributed by atoms with Crippen molar-refractivity contribution < 1.29 is 18.0 Å². The molecule has 1 fully saturated rings. The van der Waals surface area contributed by atoms with Crippen molar-refractivity contribution in [3.8, 4) is 22.4 Å². The van der Waals surface area contributed by atoms with Gasteiger partial charge in [0, 0.05) is 66.4 Å². The first-order chi connectivity index (χ1) is 17.9. The summed E-state index contributed by atoms with van der Waals surface area (Å²) in [4.78, 5) is 23.0. The lowest BCUT2D eigenvalue weighted by Gasteiger charge is -2.31. The molecule has 5 aromatic rings. The van der Waals surface area contributed by atoms with E-state index in [0.29, 0.717) is 17.0 Å². The zero-order valence-electron chi connectivity index (χ0n) is 20.0. The molecular weight excluding hydrogens is 474 g/mol. The number of carbonyl (C=O) groups excluding carboxylic acids is 1. The molecule has 1 aliphatic rings. The van der Waals surface area contributed by atoms with Crippen molar-refractivity contribution in [3.05, 3.63) is 84.5 Å². The number of aromatic nitrogens is 2. The van der Waals surface area contributed by atoms with Gasteiger partial charge in [-0.2, -0.15) is 0 Å². The summed E-state index contributed by atoms with van der Waals surface area (Å²) in [5.41, 5.74) is 10.4. The predicted molar refractivity (Wildman–Crippen MR) is 138 cm³/mol. The van der Waals surface area contributed by atoms with Crippen molar-refractivity contribution in [1.29, 1.82) is 0 Å². The molecule has 1 amide bonds. The number of pyridine rings is 2. The third-order valence-corrected chi connectivity index (χ3v) is 6.91. The van der Waals surface area contributed by atoms with Gasteiger partial charge in [-0.3, -0.25) is 14.8 Å². The fourth-order valence-electron chi connectivity index (χ4n) is 4.83. The van der Waals surface area contributed by atoms with Crippen LogP contribution in [0.2, 0.25) is 0 Å². The molecule has 0 spiro atoms. The molecule has 0 saturated carbocycles. The third kappa shape index (κ3) is 4.44. The molecule has 6 rings (SSSR count). The average Bonchev–Trinajstić information content (AvgIpc) is 3.35. The van der Waals surface area contributed by atoms with Gasteiger partial charge >= 0.3 is 0 Å². The minimum Gasteiger partial charge on any atom is -0.459 e. The first-order valence-electron chi connectivity index (χ1n) is 12.1. The summed E-state index contributed by atoms with van der Waals surface area (Å²) in [6.45, 7) is 0.364. The van der Waals surface area contributed by atoms with Crippen molar-refractivity contribution in [3.63, 3.8) is 0 Å². The quantitative estimate of drug-likeness (QED) is 0.327. The molecule has 4 heterocycles. The standard InChI is InChI=1S/C29H24F2N4O2/c30-29(31)6-9-35(10-7-29)28(36)21-3-4-26(34-17-21)22-12-23-13-24(15-32)37-27(23)25(14-22)19-1-2-20-16-33-8-5-18(20)11-19/h1-5,8,11-14,16-17H,6-7,9-10,15,32H2. The lowest BCUT2D eigenvalue weighted by atomic mass is 9.97. The Hall–Kier alpha value is -4.17. The molecule has 0 atom stereocenters. The maximum Gasteiger partial charge on any atom is 0.255 e. The number of nitrogens with two attached hydrogens (primary N) is 1. The van der Waals surface area contributed by atoms with Crippen LogP contribution in [0.25, 0.3) is 44.1 Å². The molecule has 2 aromatic carbocycles. The number of likely N-dealkylation sites (tertiary alicyclic amines) is 1. The van der Waals surface area contributed by atoms with Crippen LogP contribution in [0.4, 0.5) is 8.78 Å². The molecular formula is C29H24F2N4O2.